The highest BCUT2D eigenvalue weighted by atomic mass is 35.5. The lowest BCUT2D eigenvalue weighted by molar-refractivity contribution is 0.127. The van der Waals surface area contributed by atoms with Crippen LogP contribution in [0.15, 0.2) is 36.9 Å². The highest BCUT2D eigenvalue weighted by Gasteiger charge is 2.27. The minimum absolute atomic E-state index is 0.0106. The van der Waals surface area contributed by atoms with Gasteiger partial charge in [-0.15, -0.1) is 0 Å². The van der Waals surface area contributed by atoms with Crippen LogP contribution < -0.4 is 5.32 Å². The minimum atomic E-state index is -0.539. The van der Waals surface area contributed by atoms with Crippen molar-refractivity contribution in [2.24, 2.45) is 0 Å². The quantitative estimate of drug-likeness (QED) is 0.526. The second-order valence-electron chi connectivity index (χ2n) is 6.17. The summed E-state index contributed by atoms with van der Waals surface area (Å²) in [4.78, 5) is 8.80. The van der Waals surface area contributed by atoms with Crippen LogP contribution in [-0.2, 0) is 4.74 Å². The van der Waals surface area contributed by atoms with Gasteiger partial charge >= 0.3 is 0 Å². The molecule has 1 aromatic carbocycles. The Morgan fingerprint density at radius 3 is 3.04 bits per heavy atom. The molecule has 3 aromatic heterocycles. The average molecular weight is 385 g/mol. The molecule has 1 aliphatic heterocycles. The fourth-order valence-electron chi connectivity index (χ4n) is 3.38. The Labute approximate surface area is 157 Å². The van der Waals surface area contributed by atoms with E-state index in [0.717, 1.165) is 0 Å². The lowest BCUT2D eigenvalue weighted by Gasteiger charge is -2.15. The number of nitrogens with one attached hydrogen (secondary N) is 2. The van der Waals surface area contributed by atoms with E-state index in [4.69, 9.17) is 16.3 Å². The number of imidazole rings is 1. The zero-order chi connectivity index (χ0) is 18.5. The van der Waals surface area contributed by atoms with Crippen LogP contribution in [0, 0.1) is 5.82 Å². The summed E-state index contributed by atoms with van der Waals surface area (Å²) in [7, 11) is 1.79. The van der Waals surface area contributed by atoms with Gasteiger partial charge in [0.1, 0.15) is 11.9 Å². The van der Waals surface area contributed by atoms with E-state index >= 15 is 4.39 Å². The van der Waals surface area contributed by atoms with Crippen molar-refractivity contribution < 1.29 is 9.13 Å². The minimum Gasteiger partial charge on any atom is -0.372 e. The highest BCUT2D eigenvalue weighted by Crippen LogP contribution is 2.42. The third-order valence-corrected chi connectivity index (χ3v) is 5.00. The van der Waals surface area contributed by atoms with Crippen molar-refractivity contribution in [3.8, 4) is 11.3 Å². The van der Waals surface area contributed by atoms with Crippen molar-refractivity contribution in [2.75, 3.05) is 19.0 Å². The first-order valence-corrected chi connectivity index (χ1v) is 8.70. The number of rotatable bonds is 3. The molecule has 1 atom stereocenters. The van der Waals surface area contributed by atoms with Crippen LogP contribution in [0.25, 0.3) is 27.8 Å². The molecule has 1 unspecified atom stereocenters. The molecule has 0 bridgehead atoms. The van der Waals surface area contributed by atoms with Gasteiger partial charge in [0.05, 0.1) is 41.4 Å². The van der Waals surface area contributed by atoms with Crippen molar-refractivity contribution in [1.82, 2.24) is 24.6 Å². The second-order valence-corrected chi connectivity index (χ2v) is 6.55. The van der Waals surface area contributed by atoms with Gasteiger partial charge in [0.25, 0.3) is 0 Å². The molecule has 0 saturated carbocycles. The van der Waals surface area contributed by atoms with E-state index in [-0.39, 0.29) is 5.02 Å². The number of aromatic amines is 1. The van der Waals surface area contributed by atoms with E-state index in [1.165, 1.54) is 0 Å². The third-order valence-electron chi connectivity index (χ3n) is 4.65. The summed E-state index contributed by atoms with van der Waals surface area (Å²) in [5, 5.41) is 10.6. The fourth-order valence-corrected chi connectivity index (χ4v) is 3.68. The van der Waals surface area contributed by atoms with Crippen LogP contribution in [0.4, 0.5) is 10.2 Å². The van der Waals surface area contributed by atoms with Crippen molar-refractivity contribution in [2.45, 2.75) is 6.10 Å². The average Bonchev–Trinajstić information content (AvgIpc) is 3.42. The van der Waals surface area contributed by atoms with Crippen molar-refractivity contribution >= 4 is 34.0 Å². The number of halogens is 2. The molecule has 0 aliphatic carbocycles. The summed E-state index contributed by atoms with van der Waals surface area (Å²) in [6.45, 7) is 0.436. The van der Waals surface area contributed by atoms with Gasteiger partial charge in [0, 0.05) is 29.8 Å². The Balaban J connectivity index is 1.76. The van der Waals surface area contributed by atoms with E-state index in [0.29, 0.717) is 45.8 Å². The topological polar surface area (TPSA) is 80.1 Å². The van der Waals surface area contributed by atoms with E-state index < -0.39 is 11.9 Å². The van der Waals surface area contributed by atoms with Gasteiger partial charge in [-0.3, -0.25) is 10.1 Å². The summed E-state index contributed by atoms with van der Waals surface area (Å²) in [6, 6.07) is 0. The number of ether oxygens (including phenoxy) is 1. The number of hydrogen-bond acceptors (Lipinski definition) is 5. The van der Waals surface area contributed by atoms with Gasteiger partial charge in [0.2, 0.25) is 0 Å². The molecule has 4 aromatic rings. The molecule has 4 heterocycles. The zero-order valence-electron chi connectivity index (χ0n) is 14.2. The molecular formula is C18H14ClFN6O. The van der Waals surface area contributed by atoms with Gasteiger partial charge < -0.3 is 14.5 Å². The molecule has 5 rings (SSSR count). The largest absolute Gasteiger partial charge is 0.372 e. The molecule has 7 nitrogen and oxygen atoms in total. The van der Waals surface area contributed by atoms with Crippen molar-refractivity contribution in [1.29, 1.82) is 0 Å². The van der Waals surface area contributed by atoms with Crippen LogP contribution in [0.3, 0.4) is 0 Å². The number of aromatic nitrogens is 5. The SMILES string of the molecule is CNc1cn2cc(-c3c(Cl)c(F)c(C4C=CCO4)c4[nH]ncc34)ncc2n1. The van der Waals surface area contributed by atoms with E-state index in [1.807, 2.05) is 22.7 Å². The Kier molecular flexibility index (Phi) is 3.63. The number of anilines is 1. The summed E-state index contributed by atoms with van der Waals surface area (Å²) in [5.74, 6) is 0.170. The fraction of sp³-hybridized carbons (Fsp3) is 0.167. The van der Waals surface area contributed by atoms with Crippen LogP contribution in [0.1, 0.15) is 11.7 Å². The van der Waals surface area contributed by atoms with Gasteiger partial charge in [-0.05, 0) is 0 Å². The van der Waals surface area contributed by atoms with Crippen molar-refractivity contribution in [3.05, 3.63) is 53.3 Å². The molecule has 0 fully saturated rings. The normalized spacial score (nSPS) is 16.6. The molecule has 136 valence electrons. The molecule has 0 radical (unpaired) electrons. The Bertz CT molecular complexity index is 1210. The van der Waals surface area contributed by atoms with Gasteiger partial charge in [-0.25, -0.2) is 9.37 Å². The van der Waals surface area contributed by atoms with E-state index in [9.17, 15) is 0 Å². The van der Waals surface area contributed by atoms with Gasteiger partial charge in [-0.1, -0.05) is 23.8 Å². The second kappa shape index (κ2) is 6.04. The predicted molar refractivity (Wildman–Crippen MR) is 100 cm³/mol. The Morgan fingerprint density at radius 1 is 1.37 bits per heavy atom. The summed E-state index contributed by atoms with van der Waals surface area (Å²) >= 11 is 6.46. The molecular weight excluding hydrogens is 371 g/mol. The van der Waals surface area contributed by atoms with Crippen LogP contribution in [0.2, 0.25) is 5.02 Å². The number of benzene rings is 1. The van der Waals surface area contributed by atoms with Crippen LogP contribution in [0.5, 0.6) is 0 Å². The first-order valence-electron chi connectivity index (χ1n) is 8.32. The maximum atomic E-state index is 15.2. The maximum Gasteiger partial charge on any atom is 0.157 e. The lowest BCUT2D eigenvalue weighted by atomic mass is 9.99. The van der Waals surface area contributed by atoms with Crippen LogP contribution >= 0.6 is 11.6 Å². The molecule has 0 saturated heterocycles. The summed E-state index contributed by atoms with van der Waals surface area (Å²) in [5.41, 5.74) is 2.57. The molecule has 1 aliphatic rings. The molecule has 2 N–H and O–H groups in total. The summed E-state index contributed by atoms with van der Waals surface area (Å²) < 4.78 is 22.6. The first-order chi connectivity index (χ1) is 13.2. The van der Waals surface area contributed by atoms with E-state index in [2.05, 4.69) is 25.5 Å². The third kappa shape index (κ3) is 2.41. The number of hydrogen-bond donors (Lipinski definition) is 2. The Hall–Kier alpha value is -2.97. The maximum absolute atomic E-state index is 15.2. The number of H-pyrrole nitrogens is 1. The molecule has 9 heteroatoms. The van der Waals surface area contributed by atoms with E-state index in [1.54, 1.807) is 25.6 Å². The Morgan fingerprint density at radius 2 is 2.26 bits per heavy atom. The first kappa shape index (κ1) is 16.2. The number of fused-ring (bicyclic) bond motifs is 2. The van der Waals surface area contributed by atoms with Gasteiger partial charge in [-0.2, -0.15) is 5.10 Å². The zero-order valence-corrected chi connectivity index (χ0v) is 15.0. The van der Waals surface area contributed by atoms with Gasteiger partial charge in [0.15, 0.2) is 11.5 Å². The molecule has 0 spiro atoms. The lowest BCUT2D eigenvalue weighted by Crippen LogP contribution is -2.03. The number of nitrogens with zero attached hydrogens (tertiary/aromatic N) is 4. The summed E-state index contributed by atoms with van der Waals surface area (Å²) in [6.07, 6.45) is 9.99. The molecule has 27 heavy (non-hydrogen) atoms. The van der Waals surface area contributed by atoms with Crippen LogP contribution in [-0.4, -0.2) is 38.2 Å². The molecule has 0 amide bonds. The predicted octanol–water partition coefficient (Wildman–Crippen LogP) is 3.73. The van der Waals surface area contributed by atoms with Crippen molar-refractivity contribution in [3.63, 3.8) is 0 Å². The monoisotopic (exact) mass is 384 g/mol. The highest BCUT2D eigenvalue weighted by molar-refractivity contribution is 6.35. The standard InChI is InChI=1S/C18H14ClFN6O/c1-21-12-8-26-7-10(22-6-13(26)24-12)14-9-5-23-25-18(9)15(17(20)16(14)19)11-3-2-4-27-11/h2-3,5-8,11,21H,4H2,1H3,(H,23,25). The smallest absolute Gasteiger partial charge is 0.157 e.